The summed E-state index contributed by atoms with van der Waals surface area (Å²) >= 11 is 5.25. The van der Waals surface area contributed by atoms with Crippen LogP contribution in [0.15, 0.2) is 29.2 Å². The van der Waals surface area contributed by atoms with Crippen LogP contribution < -0.4 is 0 Å². The van der Waals surface area contributed by atoms with Crippen molar-refractivity contribution >= 4 is 38.7 Å². The number of carbonyl (C=O) groups is 3. The number of fused-ring (bicyclic) bond motifs is 1. The number of hydrogen-bond acceptors (Lipinski definition) is 5. The maximum Gasteiger partial charge on any atom is 0.276 e. The maximum atomic E-state index is 12.3. The van der Waals surface area contributed by atoms with Crippen LogP contribution in [-0.2, 0) is 19.6 Å². The predicted molar refractivity (Wildman–Crippen MR) is 92.6 cm³/mol. The van der Waals surface area contributed by atoms with E-state index in [4.69, 9.17) is 11.6 Å². The fourth-order valence-electron chi connectivity index (χ4n) is 2.78. The van der Waals surface area contributed by atoms with Gasteiger partial charge in [-0.15, -0.1) is 0 Å². The van der Waals surface area contributed by atoms with Gasteiger partial charge >= 0.3 is 0 Å². The lowest BCUT2D eigenvalue weighted by Gasteiger charge is -2.12. The summed E-state index contributed by atoms with van der Waals surface area (Å²) in [5, 5.41) is -0.330. The molecule has 0 N–H and O–H groups in total. The Morgan fingerprint density at radius 3 is 2.08 bits per heavy atom. The molecular weight excluding hydrogens is 366 g/mol. The highest BCUT2D eigenvalue weighted by atomic mass is 35.5. The Morgan fingerprint density at radius 1 is 0.920 bits per heavy atom. The van der Waals surface area contributed by atoms with Gasteiger partial charge in [-0.25, -0.2) is 8.42 Å². The van der Waals surface area contributed by atoms with Gasteiger partial charge in [0.2, 0.25) is 11.1 Å². The average Bonchev–Trinajstić information content (AvgIpc) is 2.76. The van der Waals surface area contributed by atoms with E-state index in [2.05, 4.69) is 0 Å². The first-order chi connectivity index (χ1) is 11.9. The summed E-state index contributed by atoms with van der Waals surface area (Å²) in [7, 11) is -4.07. The van der Waals surface area contributed by atoms with Crippen LogP contribution in [0.4, 0.5) is 0 Å². The second-order valence-electron chi connectivity index (χ2n) is 5.94. The molecule has 6 nitrogen and oxygen atoms in total. The van der Waals surface area contributed by atoms with Gasteiger partial charge in [0.1, 0.15) is 4.90 Å². The summed E-state index contributed by atoms with van der Waals surface area (Å²) in [6, 6.07) is 5.84. The molecule has 0 radical (unpaired) electrons. The van der Waals surface area contributed by atoms with Gasteiger partial charge in [-0.05, 0) is 36.6 Å². The molecule has 136 valence electrons. The first kappa shape index (κ1) is 19.6. The first-order valence-electron chi connectivity index (χ1n) is 8.25. The Labute approximate surface area is 152 Å². The monoisotopic (exact) mass is 385 g/mol. The molecule has 1 aliphatic rings. The minimum absolute atomic E-state index is 0.0130. The van der Waals surface area contributed by atoms with Crippen LogP contribution in [0.3, 0.4) is 0 Å². The highest BCUT2D eigenvalue weighted by molar-refractivity contribution is 7.90. The van der Waals surface area contributed by atoms with E-state index in [1.165, 1.54) is 18.2 Å². The van der Waals surface area contributed by atoms with Crippen molar-refractivity contribution in [2.24, 2.45) is 0 Å². The molecule has 0 atom stereocenters. The molecule has 0 fully saturated rings. The lowest BCUT2D eigenvalue weighted by Crippen LogP contribution is -2.36. The maximum absolute atomic E-state index is 12.3. The van der Waals surface area contributed by atoms with Crippen molar-refractivity contribution in [1.82, 2.24) is 4.31 Å². The molecule has 1 heterocycles. The highest BCUT2D eigenvalue weighted by Crippen LogP contribution is 2.30. The van der Waals surface area contributed by atoms with Crippen molar-refractivity contribution in [3.63, 3.8) is 0 Å². The van der Waals surface area contributed by atoms with E-state index < -0.39 is 21.8 Å². The smallest absolute Gasteiger partial charge is 0.276 e. The van der Waals surface area contributed by atoms with Crippen molar-refractivity contribution < 1.29 is 22.8 Å². The number of nitrogens with zero attached hydrogens (tertiary/aromatic N) is 1. The van der Waals surface area contributed by atoms with Gasteiger partial charge in [0, 0.05) is 12.8 Å². The van der Waals surface area contributed by atoms with Crippen LogP contribution in [0.5, 0.6) is 0 Å². The number of benzene rings is 1. The Hall–Kier alpha value is -1.73. The van der Waals surface area contributed by atoms with E-state index in [1.807, 2.05) is 0 Å². The molecule has 1 aliphatic heterocycles. The van der Waals surface area contributed by atoms with E-state index in [1.54, 1.807) is 6.07 Å². The fraction of sp³-hybridized carbons (Fsp3) is 0.471. The molecule has 0 unspecified atom stereocenters. The van der Waals surface area contributed by atoms with Gasteiger partial charge in [-0.2, -0.15) is 4.31 Å². The zero-order chi connectivity index (χ0) is 18.4. The van der Waals surface area contributed by atoms with Gasteiger partial charge in [0.25, 0.3) is 15.9 Å². The summed E-state index contributed by atoms with van der Waals surface area (Å²) in [6.07, 6.45) is 5.10. The topological polar surface area (TPSA) is 88.6 Å². The molecule has 1 aromatic rings. The van der Waals surface area contributed by atoms with Crippen LogP contribution in [-0.4, -0.2) is 29.8 Å². The molecule has 2 rings (SSSR count). The number of imide groups is 1. The third kappa shape index (κ3) is 4.67. The largest absolute Gasteiger partial charge is 0.281 e. The average molecular weight is 386 g/mol. The number of rotatable bonds is 9. The number of hydrogen-bond donors (Lipinski definition) is 0. The number of sulfonamides is 1. The van der Waals surface area contributed by atoms with Crippen molar-refractivity contribution in [3.8, 4) is 0 Å². The molecule has 2 amide bonds. The van der Waals surface area contributed by atoms with Gasteiger partial charge in [-0.3, -0.25) is 14.4 Å². The number of carbonyl (C=O) groups excluding carboxylic acids is 3. The fourth-order valence-corrected chi connectivity index (χ4v) is 4.47. The lowest BCUT2D eigenvalue weighted by molar-refractivity contribution is -0.124. The van der Waals surface area contributed by atoms with Gasteiger partial charge in [-0.1, -0.05) is 37.8 Å². The van der Waals surface area contributed by atoms with Crippen LogP contribution in [0.1, 0.15) is 61.7 Å². The molecule has 25 heavy (non-hydrogen) atoms. The summed E-state index contributed by atoms with van der Waals surface area (Å²) < 4.78 is 25.1. The molecule has 0 saturated carbocycles. The second-order valence-corrected chi connectivity index (χ2v) is 8.12. The SMILES string of the molecule is O=C(Cl)CCCCCCCCC(=O)N1C(=O)c2ccccc2S1(=O)=O. The molecule has 0 saturated heterocycles. The summed E-state index contributed by atoms with van der Waals surface area (Å²) in [5.41, 5.74) is 0.0460. The molecule has 0 aliphatic carbocycles. The Kier molecular flexibility index (Phi) is 6.72. The summed E-state index contributed by atoms with van der Waals surface area (Å²) in [6.45, 7) is 0. The van der Waals surface area contributed by atoms with Crippen LogP contribution in [0.2, 0.25) is 0 Å². The molecule has 0 aromatic heterocycles. The van der Waals surface area contributed by atoms with E-state index in [0.717, 1.165) is 32.1 Å². The van der Waals surface area contributed by atoms with E-state index in [-0.39, 0.29) is 22.1 Å². The van der Waals surface area contributed by atoms with Crippen LogP contribution >= 0.6 is 11.6 Å². The Morgan fingerprint density at radius 2 is 1.48 bits per heavy atom. The quantitative estimate of drug-likeness (QED) is 0.481. The highest BCUT2D eigenvalue weighted by Gasteiger charge is 2.44. The van der Waals surface area contributed by atoms with E-state index >= 15 is 0 Å². The van der Waals surface area contributed by atoms with E-state index in [9.17, 15) is 22.8 Å². The Bertz CT molecular complexity index is 775. The first-order valence-corrected chi connectivity index (χ1v) is 10.1. The standard InChI is InChI=1S/C17H20ClNO5S/c18-15(20)11-5-3-1-2-4-6-12-16(21)19-17(22)13-9-7-8-10-14(13)25(19,23)24/h7-10H,1-6,11-12H2. The van der Waals surface area contributed by atoms with Crippen molar-refractivity contribution in [2.75, 3.05) is 0 Å². The van der Waals surface area contributed by atoms with Gasteiger partial charge in [0.15, 0.2) is 0 Å². The normalized spacial score (nSPS) is 15.2. The number of amides is 2. The van der Waals surface area contributed by atoms with Crippen molar-refractivity contribution in [1.29, 1.82) is 0 Å². The summed E-state index contributed by atoms with van der Waals surface area (Å²) in [4.78, 5) is 34.9. The minimum Gasteiger partial charge on any atom is -0.281 e. The van der Waals surface area contributed by atoms with Crippen molar-refractivity contribution in [2.45, 2.75) is 56.3 Å². The number of unbranched alkanes of at least 4 members (excludes halogenated alkanes) is 5. The molecule has 8 heteroatoms. The van der Waals surface area contributed by atoms with Crippen LogP contribution in [0, 0.1) is 0 Å². The zero-order valence-electron chi connectivity index (χ0n) is 13.7. The minimum atomic E-state index is -4.07. The van der Waals surface area contributed by atoms with Gasteiger partial charge < -0.3 is 0 Å². The molecular formula is C17H20ClNO5S. The zero-order valence-corrected chi connectivity index (χ0v) is 15.3. The third-order valence-corrected chi connectivity index (χ3v) is 6.01. The van der Waals surface area contributed by atoms with E-state index in [0.29, 0.717) is 17.1 Å². The molecule has 0 bridgehead atoms. The second kappa shape index (κ2) is 8.58. The Balaban J connectivity index is 1.79. The lowest BCUT2D eigenvalue weighted by atomic mass is 10.1. The predicted octanol–water partition coefficient (Wildman–Crippen LogP) is 3.24. The van der Waals surface area contributed by atoms with Gasteiger partial charge in [0.05, 0.1) is 5.56 Å². The number of halogens is 1. The molecule has 1 aromatic carbocycles. The third-order valence-electron chi connectivity index (χ3n) is 4.06. The van der Waals surface area contributed by atoms with Crippen molar-refractivity contribution in [3.05, 3.63) is 29.8 Å². The van der Waals surface area contributed by atoms with Crippen LogP contribution in [0.25, 0.3) is 0 Å². The molecule has 0 spiro atoms. The summed E-state index contributed by atoms with van der Waals surface area (Å²) in [5.74, 6) is -1.46.